The third-order valence-corrected chi connectivity index (χ3v) is 2.01. The zero-order valence-electron chi connectivity index (χ0n) is 9.36. The predicted molar refractivity (Wildman–Crippen MR) is 61.7 cm³/mol. The van der Waals surface area contributed by atoms with Crippen molar-refractivity contribution in [3.8, 4) is 0 Å². The Labute approximate surface area is 90.6 Å². The van der Waals surface area contributed by atoms with Gasteiger partial charge in [-0.05, 0) is 23.6 Å². The summed E-state index contributed by atoms with van der Waals surface area (Å²) in [5, 5.41) is 0. The Bertz CT molecular complexity index is 347. The monoisotopic (exact) mass is 204 g/mol. The van der Waals surface area contributed by atoms with Crippen molar-refractivity contribution in [1.29, 1.82) is 0 Å². The normalized spacial score (nSPS) is 10.9. The van der Waals surface area contributed by atoms with Gasteiger partial charge < -0.3 is 4.74 Å². The summed E-state index contributed by atoms with van der Waals surface area (Å²) in [5.41, 5.74) is 1.68. The van der Waals surface area contributed by atoms with Crippen molar-refractivity contribution in [2.45, 2.75) is 13.8 Å². The van der Waals surface area contributed by atoms with Gasteiger partial charge in [0.15, 0.2) is 0 Å². The van der Waals surface area contributed by atoms with E-state index in [1.54, 1.807) is 12.1 Å². The highest BCUT2D eigenvalue weighted by atomic mass is 16.5. The van der Waals surface area contributed by atoms with Crippen molar-refractivity contribution in [2.24, 2.45) is 5.92 Å². The number of hydrogen-bond donors (Lipinski definition) is 0. The molecule has 0 N–H and O–H groups in total. The van der Waals surface area contributed by atoms with E-state index < -0.39 is 0 Å². The van der Waals surface area contributed by atoms with Gasteiger partial charge >= 0.3 is 5.97 Å². The van der Waals surface area contributed by atoms with Crippen LogP contribution in [0.15, 0.2) is 30.3 Å². The molecule has 1 rings (SSSR count). The van der Waals surface area contributed by atoms with E-state index in [2.05, 4.69) is 24.7 Å². The lowest BCUT2D eigenvalue weighted by molar-refractivity contribution is 0.0601. The van der Waals surface area contributed by atoms with Crippen LogP contribution in [0.4, 0.5) is 0 Å². The molecule has 0 saturated carbocycles. The quantitative estimate of drug-likeness (QED) is 0.707. The number of esters is 1. The van der Waals surface area contributed by atoms with E-state index in [1.165, 1.54) is 7.11 Å². The Morgan fingerprint density at radius 2 is 1.87 bits per heavy atom. The lowest BCUT2D eigenvalue weighted by atomic mass is 10.1. The Morgan fingerprint density at radius 1 is 1.27 bits per heavy atom. The topological polar surface area (TPSA) is 26.3 Å². The predicted octanol–water partition coefficient (Wildman–Crippen LogP) is 3.14. The number of methoxy groups -OCH3 is 1. The Hall–Kier alpha value is -1.57. The minimum Gasteiger partial charge on any atom is -0.465 e. The summed E-state index contributed by atoms with van der Waals surface area (Å²) >= 11 is 0. The first-order chi connectivity index (χ1) is 7.13. The second-order valence-corrected chi connectivity index (χ2v) is 3.72. The Kier molecular flexibility index (Phi) is 4.10. The molecule has 0 saturated heterocycles. The standard InChI is InChI=1S/C13H16O2/c1-10(2)4-5-11-6-8-12(9-7-11)13(14)15-3/h4-10H,1-3H3/b5-4+. The summed E-state index contributed by atoms with van der Waals surface area (Å²) in [6.45, 7) is 4.25. The molecule has 0 bridgehead atoms. The van der Waals surface area contributed by atoms with Crippen LogP contribution in [0.25, 0.3) is 6.08 Å². The number of carbonyl (C=O) groups is 1. The molecule has 0 unspecified atom stereocenters. The molecule has 1 aromatic rings. The van der Waals surface area contributed by atoms with Gasteiger partial charge in [-0.2, -0.15) is 0 Å². The highest BCUT2D eigenvalue weighted by molar-refractivity contribution is 5.89. The molecule has 0 heterocycles. The minimum absolute atomic E-state index is 0.297. The third-order valence-electron chi connectivity index (χ3n) is 2.01. The van der Waals surface area contributed by atoms with Crippen LogP contribution in [0.5, 0.6) is 0 Å². The molecule has 0 radical (unpaired) electrons. The molecule has 2 nitrogen and oxygen atoms in total. The van der Waals surface area contributed by atoms with E-state index in [0.29, 0.717) is 11.5 Å². The first-order valence-corrected chi connectivity index (χ1v) is 5.00. The largest absolute Gasteiger partial charge is 0.465 e. The van der Waals surface area contributed by atoms with Crippen LogP contribution >= 0.6 is 0 Å². The van der Waals surface area contributed by atoms with Crippen molar-refractivity contribution in [2.75, 3.05) is 7.11 Å². The molecule has 2 heteroatoms. The van der Waals surface area contributed by atoms with Crippen molar-refractivity contribution in [3.63, 3.8) is 0 Å². The molecule has 0 atom stereocenters. The van der Waals surface area contributed by atoms with Crippen LogP contribution in [-0.2, 0) is 4.74 Å². The van der Waals surface area contributed by atoms with Crippen LogP contribution in [0.1, 0.15) is 29.8 Å². The maximum Gasteiger partial charge on any atom is 0.337 e. The van der Waals surface area contributed by atoms with Gasteiger partial charge in [-0.15, -0.1) is 0 Å². The fourth-order valence-corrected chi connectivity index (χ4v) is 1.15. The molecule has 0 aliphatic rings. The van der Waals surface area contributed by atoms with Crippen LogP contribution in [0, 0.1) is 5.92 Å². The van der Waals surface area contributed by atoms with Crippen molar-refractivity contribution in [3.05, 3.63) is 41.5 Å². The second-order valence-electron chi connectivity index (χ2n) is 3.72. The van der Waals surface area contributed by atoms with Crippen LogP contribution in [0.2, 0.25) is 0 Å². The fourth-order valence-electron chi connectivity index (χ4n) is 1.15. The molecule has 15 heavy (non-hydrogen) atoms. The summed E-state index contributed by atoms with van der Waals surface area (Å²) in [7, 11) is 1.38. The molecule has 0 amide bonds. The summed E-state index contributed by atoms with van der Waals surface area (Å²) in [5.74, 6) is 0.236. The highest BCUT2D eigenvalue weighted by Gasteiger charge is 2.02. The maximum atomic E-state index is 11.2. The number of benzene rings is 1. The second kappa shape index (κ2) is 5.35. The van der Waals surface area contributed by atoms with Gasteiger partial charge in [0.05, 0.1) is 12.7 Å². The maximum absolute atomic E-state index is 11.2. The van der Waals surface area contributed by atoms with E-state index in [9.17, 15) is 4.79 Å². The smallest absolute Gasteiger partial charge is 0.337 e. The lowest BCUT2D eigenvalue weighted by Gasteiger charge is -1.99. The average molecular weight is 204 g/mol. The zero-order valence-corrected chi connectivity index (χ0v) is 9.36. The van der Waals surface area contributed by atoms with Gasteiger partial charge in [0.2, 0.25) is 0 Å². The molecule has 0 spiro atoms. The van der Waals surface area contributed by atoms with Crippen molar-refractivity contribution < 1.29 is 9.53 Å². The SMILES string of the molecule is COC(=O)c1ccc(/C=C/C(C)C)cc1. The van der Waals surface area contributed by atoms with Crippen molar-refractivity contribution in [1.82, 2.24) is 0 Å². The van der Waals surface area contributed by atoms with Crippen molar-refractivity contribution >= 4 is 12.0 Å². The number of ether oxygens (including phenoxy) is 1. The average Bonchev–Trinajstić information content (AvgIpc) is 2.26. The first kappa shape index (κ1) is 11.5. The van der Waals surface area contributed by atoms with E-state index in [0.717, 1.165) is 5.56 Å². The molecule has 0 aliphatic heterocycles. The van der Waals surface area contributed by atoms with E-state index in [1.807, 2.05) is 18.2 Å². The van der Waals surface area contributed by atoms with Gasteiger partial charge in [0, 0.05) is 0 Å². The fraction of sp³-hybridized carbons (Fsp3) is 0.308. The molecule has 0 aromatic heterocycles. The molecule has 0 fully saturated rings. The number of allylic oxidation sites excluding steroid dienone is 1. The number of rotatable bonds is 3. The summed E-state index contributed by atoms with van der Waals surface area (Å²) in [4.78, 5) is 11.2. The van der Waals surface area contributed by atoms with Crippen LogP contribution < -0.4 is 0 Å². The van der Waals surface area contributed by atoms with Gasteiger partial charge in [-0.1, -0.05) is 38.1 Å². The molecule has 80 valence electrons. The van der Waals surface area contributed by atoms with Gasteiger partial charge in [-0.25, -0.2) is 4.79 Å². The van der Waals surface area contributed by atoms with E-state index in [4.69, 9.17) is 0 Å². The van der Waals surface area contributed by atoms with Crippen LogP contribution in [0.3, 0.4) is 0 Å². The molecule has 1 aromatic carbocycles. The Balaban J connectivity index is 2.77. The molecular weight excluding hydrogens is 188 g/mol. The lowest BCUT2D eigenvalue weighted by Crippen LogP contribution is -2.00. The van der Waals surface area contributed by atoms with Gasteiger partial charge in [0.25, 0.3) is 0 Å². The van der Waals surface area contributed by atoms with E-state index in [-0.39, 0.29) is 5.97 Å². The summed E-state index contributed by atoms with van der Waals surface area (Å²) in [6.07, 6.45) is 4.17. The number of carbonyl (C=O) groups excluding carboxylic acids is 1. The molecular formula is C13H16O2. The van der Waals surface area contributed by atoms with Gasteiger partial charge in [-0.3, -0.25) is 0 Å². The summed E-state index contributed by atoms with van der Waals surface area (Å²) < 4.78 is 4.62. The minimum atomic E-state index is -0.297. The third kappa shape index (κ3) is 3.58. The zero-order chi connectivity index (χ0) is 11.3. The summed E-state index contributed by atoms with van der Waals surface area (Å²) in [6, 6.07) is 7.36. The Morgan fingerprint density at radius 3 is 2.33 bits per heavy atom. The number of hydrogen-bond acceptors (Lipinski definition) is 2. The van der Waals surface area contributed by atoms with E-state index >= 15 is 0 Å². The van der Waals surface area contributed by atoms with Gasteiger partial charge in [0.1, 0.15) is 0 Å². The van der Waals surface area contributed by atoms with Crippen LogP contribution in [-0.4, -0.2) is 13.1 Å². The molecule has 0 aliphatic carbocycles. The first-order valence-electron chi connectivity index (χ1n) is 5.00. The highest BCUT2D eigenvalue weighted by Crippen LogP contribution is 2.08.